The number of esters is 1. The van der Waals surface area contributed by atoms with Crippen LogP contribution in [0.3, 0.4) is 0 Å². The van der Waals surface area contributed by atoms with E-state index in [0.29, 0.717) is 0 Å². The topological polar surface area (TPSA) is 84.9 Å². The number of likely N-dealkylation sites (tertiary alicyclic amines) is 1. The van der Waals surface area contributed by atoms with Crippen LogP contribution in [0.5, 0.6) is 0 Å². The molecule has 1 aliphatic carbocycles. The van der Waals surface area contributed by atoms with Gasteiger partial charge in [-0.2, -0.15) is 0 Å². The van der Waals surface area contributed by atoms with Crippen molar-refractivity contribution in [2.45, 2.75) is 64.0 Å². The highest BCUT2D eigenvalue weighted by Crippen LogP contribution is 2.44. The third-order valence-electron chi connectivity index (χ3n) is 6.43. The minimum atomic E-state index is -0.962. The maximum atomic E-state index is 12.8. The van der Waals surface area contributed by atoms with Crippen molar-refractivity contribution in [3.8, 4) is 11.1 Å². The quantitative estimate of drug-likeness (QED) is 0.586. The molecule has 2 aliphatic rings. The number of carbonyl (C=O) groups excluding carboxylic acids is 3. The second kappa shape index (κ2) is 10.5. The van der Waals surface area contributed by atoms with E-state index >= 15 is 0 Å². The molecule has 0 unspecified atom stereocenters. The van der Waals surface area contributed by atoms with E-state index in [0.717, 1.165) is 48.2 Å². The first-order valence-corrected chi connectivity index (χ1v) is 12.3. The molecule has 0 saturated carbocycles. The smallest absolute Gasteiger partial charge is 0.407 e. The number of carbonyl (C=O) groups is 3. The molecule has 1 saturated heterocycles. The summed E-state index contributed by atoms with van der Waals surface area (Å²) in [6, 6.07) is 15.2. The van der Waals surface area contributed by atoms with Crippen LogP contribution >= 0.6 is 0 Å². The van der Waals surface area contributed by atoms with E-state index in [4.69, 9.17) is 9.47 Å². The van der Waals surface area contributed by atoms with E-state index in [1.54, 1.807) is 25.7 Å². The molecule has 1 aliphatic heterocycles. The van der Waals surface area contributed by atoms with E-state index in [9.17, 15) is 14.4 Å². The second-order valence-electron chi connectivity index (χ2n) is 10.2. The number of alkyl carbamates (subject to hydrolysis) is 1. The van der Waals surface area contributed by atoms with Crippen molar-refractivity contribution in [2.24, 2.45) is 0 Å². The van der Waals surface area contributed by atoms with Crippen LogP contribution in [0.25, 0.3) is 11.1 Å². The van der Waals surface area contributed by atoms with Crippen LogP contribution in [0.2, 0.25) is 0 Å². The van der Waals surface area contributed by atoms with Crippen LogP contribution in [-0.4, -0.2) is 54.2 Å². The van der Waals surface area contributed by atoms with E-state index in [-0.39, 0.29) is 31.3 Å². The Labute approximate surface area is 206 Å². The molecule has 35 heavy (non-hydrogen) atoms. The highest BCUT2D eigenvalue weighted by molar-refractivity contribution is 5.83. The summed E-state index contributed by atoms with van der Waals surface area (Å²) in [5.41, 5.74) is 3.80. The summed E-state index contributed by atoms with van der Waals surface area (Å²) >= 11 is 0. The van der Waals surface area contributed by atoms with Crippen molar-refractivity contribution in [1.29, 1.82) is 0 Å². The van der Waals surface area contributed by atoms with E-state index in [1.807, 2.05) is 24.3 Å². The molecule has 0 bridgehead atoms. The summed E-state index contributed by atoms with van der Waals surface area (Å²) in [6.07, 6.45) is 1.62. The molecular formula is C28H34N2O5. The predicted molar refractivity (Wildman–Crippen MR) is 133 cm³/mol. The lowest BCUT2D eigenvalue weighted by Crippen LogP contribution is -2.45. The fraction of sp³-hybridized carbons (Fsp3) is 0.464. The number of fused-ring (bicyclic) bond motifs is 3. The van der Waals surface area contributed by atoms with Gasteiger partial charge in [0.05, 0.1) is 0 Å². The number of rotatable bonds is 7. The van der Waals surface area contributed by atoms with Gasteiger partial charge in [0.25, 0.3) is 0 Å². The van der Waals surface area contributed by atoms with Gasteiger partial charge < -0.3 is 19.7 Å². The van der Waals surface area contributed by atoms with Crippen LogP contribution in [0.4, 0.5) is 4.79 Å². The molecule has 1 heterocycles. The Hall–Kier alpha value is -3.35. The van der Waals surface area contributed by atoms with Gasteiger partial charge >= 0.3 is 12.1 Å². The van der Waals surface area contributed by atoms with Gasteiger partial charge in [0.15, 0.2) is 0 Å². The number of hydrogen-bond donors (Lipinski definition) is 1. The standard InChI is InChI=1S/C28H34N2O5/c1-28(2,3)35-26(32)24(14-15-25(31)30-16-8-9-17-30)29-27(33)34-18-23-21-12-6-4-10-19(21)20-11-5-7-13-22(20)23/h4-7,10-13,23-24H,8-9,14-18H2,1-3H3,(H,29,33)/t24-/m1/s1. The van der Waals surface area contributed by atoms with Crippen LogP contribution in [-0.2, 0) is 19.1 Å². The Kier molecular flexibility index (Phi) is 7.43. The zero-order valence-corrected chi connectivity index (χ0v) is 20.7. The number of nitrogens with zero attached hydrogens (tertiary/aromatic N) is 1. The fourth-order valence-corrected chi connectivity index (χ4v) is 4.80. The molecule has 1 atom stereocenters. The zero-order valence-electron chi connectivity index (χ0n) is 20.7. The Morgan fingerprint density at radius 1 is 0.971 bits per heavy atom. The number of amides is 2. The molecule has 2 aromatic carbocycles. The maximum absolute atomic E-state index is 12.8. The van der Waals surface area contributed by atoms with Gasteiger partial charge in [0, 0.05) is 25.4 Å². The normalized spacial score (nSPS) is 15.8. The van der Waals surface area contributed by atoms with Crippen LogP contribution in [0.1, 0.15) is 63.5 Å². The predicted octanol–water partition coefficient (Wildman–Crippen LogP) is 4.64. The Morgan fingerprint density at radius 3 is 2.11 bits per heavy atom. The van der Waals surface area contributed by atoms with Gasteiger partial charge in [0.2, 0.25) is 5.91 Å². The third-order valence-corrected chi connectivity index (χ3v) is 6.43. The summed E-state index contributed by atoms with van der Waals surface area (Å²) in [7, 11) is 0. The van der Waals surface area contributed by atoms with Crippen molar-refractivity contribution in [3.63, 3.8) is 0 Å². The first kappa shape index (κ1) is 24.8. The second-order valence-corrected chi connectivity index (χ2v) is 10.2. The van der Waals surface area contributed by atoms with Crippen LogP contribution < -0.4 is 5.32 Å². The lowest BCUT2D eigenvalue weighted by molar-refractivity contribution is -0.157. The van der Waals surface area contributed by atoms with Gasteiger partial charge in [-0.3, -0.25) is 4.79 Å². The molecule has 0 aromatic heterocycles. The SMILES string of the molecule is CC(C)(C)OC(=O)[C@@H](CCC(=O)N1CCCC1)NC(=O)OCC1c2ccccc2-c2ccccc21. The van der Waals surface area contributed by atoms with Crippen molar-refractivity contribution in [2.75, 3.05) is 19.7 Å². The molecule has 2 amide bonds. The van der Waals surface area contributed by atoms with Gasteiger partial charge in [-0.05, 0) is 62.3 Å². The maximum Gasteiger partial charge on any atom is 0.407 e. The molecule has 1 N–H and O–H groups in total. The van der Waals surface area contributed by atoms with Crippen molar-refractivity contribution < 1.29 is 23.9 Å². The highest BCUT2D eigenvalue weighted by Gasteiger charge is 2.31. The molecule has 7 heteroatoms. The molecule has 186 valence electrons. The fourth-order valence-electron chi connectivity index (χ4n) is 4.80. The molecule has 0 spiro atoms. The van der Waals surface area contributed by atoms with Crippen molar-refractivity contribution in [3.05, 3.63) is 59.7 Å². The molecular weight excluding hydrogens is 444 g/mol. The average Bonchev–Trinajstić information content (AvgIpc) is 3.46. The molecule has 2 aromatic rings. The number of nitrogens with one attached hydrogen (secondary N) is 1. The lowest BCUT2D eigenvalue weighted by atomic mass is 9.98. The van der Waals surface area contributed by atoms with E-state index in [1.165, 1.54) is 0 Å². The first-order chi connectivity index (χ1) is 16.7. The van der Waals surface area contributed by atoms with Crippen molar-refractivity contribution in [1.82, 2.24) is 10.2 Å². The highest BCUT2D eigenvalue weighted by atomic mass is 16.6. The zero-order chi connectivity index (χ0) is 25.0. The molecule has 0 radical (unpaired) electrons. The summed E-state index contributed by atoms with van der Waals surface area (Å²) in [5, 5.41) is 2.65. The lowest BCUT2D eigenvalue weighted by Gasteiger charge is -2.25. The number of hydrogen-bond acceptors (Lipinski definition) is 5. The Morgan fingerprint density at radius 2 is 1.54 bits per heavy atom. The minimum absolute atomic E-state index is 0.00889. The Bertz CT molecular complexity index is 1040. The summed E-state index contributed by atoms with van der Waals surface area (Å²) in [6.45, 7) is 6.94. The summed E-state index contributed by atoms with van der Waals surface area (Å²) < 4.78 is 11.1. The van der Waals surface area contributed by atoms with E-state index < -0.39 is 23.7 Å². The third kappa shape index (κ3) is 6.02. The van der Waals surface area contributed by atoms with Crippen molar-refractivity contribution >= 4 is 18.0 Å². The van der Waals surface area contributed by atoms with Gasteiger partial charge in [-0.1, -0.05) is 48.5 Å². The summed E-state index contributed by atoms with van der Waals surface area (Å²) in [4.78, 5) is 39.9. The molecule has 7 nitrogen and oxygen atoms in total. The molecule has 4 rings (SSSR count). The molecule has 1 fully saturated rings. The van der Waals surface area contributed by atoms with Gasteiger partial charge in [-0.15, -0.1) is 0 Å². The van der Waals surface area contributed by atoms with Crippen LogP contribution in [0.15, 0.2) is 48.5 Å². The largest absolute Gasteiger partial charge is 0.458 e. The monoisotopic (exact) mass is 478 g/mol. The number of benzene rings is 2. The van der Waals surface area contributed by atoms with Crippen LogP contribution in [0, 0.1) is 0 Å². The van der Waals surface area contributed by atoms with Gasteiger partial charge in [-0.25, -0.2) is 9.59 Å². The summed E-state index contributed by atoms with van der Waals surface area (Å²) in [5.74, 6) is -0.657. The Balaban J connectivity index is 1.40. The first-order valence-electron chi connectivity index (χ1n) is 12.3. The average molecular weight is 479 g/mol. The van der Waals surface area contributed by atoms with Gasteiger partial charge in [0.1, 0.15) is 18.2 Å². The number of ether oxygens (including phenoxy) is 2. The minimum Gasteiger partial charge on any atom is -0.458 e. The van der Waals surface area contributed by atoms with E-state index in [2.05, 4.69) is 29.6 Å².